The number of carbonyl (C=O) groups is 10. The minimum absolute atomic E-state index is 0.00135. The van der Waals surface area contributed by atoms with E-state index in [2.05, 4.69) is 31.3 Å². The summed E-state index contributed by atoms with van der Waals surface area (Å²) in [5, 5.41) is 14.2. The van der Waals surface area contributed by atoms with Crippen molar-refractivity contribution in [2.45, 2.75) is 214 Å². The molecule has 3 aromatic carbocycles. The van der Waals surface area contributed by atoms with Gasteiger partial charge < -0.3 is 61.2 Å². The van der Waals surface area contributed by atoms with Crippen LogP contribution in [0.15, 0.2) is 54.6 Å². The highest BCUT2D eigenvalue weighted by atomic mass is 19.2. The topological polar surface area (TPSA) is 298 Å². The van der Waals surface area contributed by atoms with Crippen LogP contribution in [0.25, 0.3) is 0 Å². The minimum Gasteiger partial charge on any atom is -0.420 e. The molecule has 8 amide bonds. The molecule has 0 saturated carbocycles. The molecule has 2 fully saturated rings. The maximum Gasteiger partial charge on any atom is 0.314 e. The molecule has 7 N–H and O–H groups in total. The number of urea groups is 1. The summed E-state index contributed by atoms with van der Waals surface area (Å²) in [6.07, 6.45) is 1.75. The van der Waals surface area contributed by atoms with Gasteiger partial charge in [-0.3, -0.25) is 48.1 Å². The number of likely N-dealkylation sites (tertiary alicyclic amines) is 2. The molecule has 13 atom stereocenters. The van der Waals surface area contributed by atoms with Crippen molar-refractivity contribution in [3.05, 3.63) is 94.8 Å². The number of esters is 1. The monoisotopic (exact) mass is 1490 g/mol. The highest BCUT2D eigenvalue weighted by molar-refractivity contribution is 5.97. The van der Waals surface area contributed by atoms with Gasteiger partial charge in [-0.25, -0.2) is 18.0 Å². The van der Waals surface area contributed by atoms with E-state index in [-0.39, 0.29) is 137 Å². The van der Waals surface area contributed by atoms with Gasteiger partial charge in [-0.15, -0.1) is 0 Å². The minimum atomic E-state index is -2.38. The maximum atomic E-state index is 14.7. The quantitative estimate of drug-likeness (QED) is 0.00769. The van der Waals surface area contributed by atoms with Crippen LogP contribution >= 0.6 is 0 Å². The van der Waals surface area contributed by atoms with Gasteiger partial charge in [0.25, 0.3) is 0 Å². The van der Waals surface area contributed by atoms with Gasteiger partial charge in [0.1, 0.15) is 11.8 Å². The van der Waals surface area contributed by atoms with Crippen LogP contribution < -0.4 is 37.1 Å². The van der Waals surface area contributed by atoms with E-state index < -0.39 is 131 Å². The number of amides is 8. The average Bonchev–Trinajstić information content (AvgIpc) is 0.899. The van der Waals surface area contributed by atoms with E-state index in [1.165, 1.54) is 14.2 Å². The summed E-state index contributed by atoms with van der Waals surface area (Å²) in [6, 6.07) is 12.0. The van der Waals surface area contributed by atoms with Crippen molar-refractivity contribution in [3.8, 4) is 5.75 Å². The number of carbonyl (C=O) groups excluding carboxylic acids is 10. The summed E-state index contributed by atoms with van der Waals surface area (Å²) >= 11 is 0. The van der Waals surface area contributed by atoms with E-state index in [1.807, 2.05) is 95.8 Å². The summed E-state index contributed by atoms with van der Waals surface area (Å²) < 4.78 is 86.5. The number of Topliss-reactive ketones (excluding diaryl/α,β-unsaturated/α-hetero) is 2. The number of ether oxygens (including phenoxy) is 3. The first-order valence-corrected chi connectivity index (χ1v) is 37.2. The summed E-state index contributed by atoms with van der Waals surface area (Å²) in [4.78, 5) is 144. The molecule has 0 spiro atoms. The fourth-order valence-electron chi connectivity index (χ4n) is 14.8. The molecule has 0 aromatic heterocycles. The van der Waals surface area contributed by atoms with Crippen molar-refractivity contribution in [2.75, 3.05) is 66.9 Å². The molecule has 2 aliphatic heterocycles. The second-order valence-electron chi connectivity index (χ2n) is 30.0. The first kappa shape index (κ1) is 88.7. The predicted octanol–water partition coefficient (Wildman–Crippen LogP) is 9.44. The van der Waals surface area contributed by atoms with E-state index in [9.17, 15) is 69.9 Å². The molecule has 2 unspecified atom stereocenters. The Morgan fingerprint density at radius 3 is 1.87 bits per heavy atom. The lowest BCUT2D eigenvalue weighted by atomic mass is 9.84. The number of halogens is 5. The lowest BCUT2D eigenvalue weighted by Crippen LogP contribution is -2.59. The van der Waals surface area contributed by atoms with Gasteiger partial charge in [-0.2, -0.15) is 8.78 Å². The Kier molecular flexibility index (Phi) is 35.6. The summed E-state index contributed by atoms with van der Waals surface area (Å²) in [6.45, 7) is 20.1. The number of ketones is 2. The molecule has 23 nitrogen and oxygen atoms in total. The maximum absolute atomic E-state index is 14.7. The Hall–Kier alpha value is -7.95. The Bertz CT molecular complexity index is 3410. The molecule has 2 saturated heterocycles. The number of anilines is 1. The zero-order valence-corrected chi connectivity index (χ0v) is 64.4. The SMILES string of the molecule is CC[C@H](C)[C@@H]([C@@H](CC(=O)N1CCC[C@H]1[C@H](OC)[C@@H](C)C(=O)C[C@H](CC(=O)NCc1ccc(NC(=O)[C@H](CCCNC(N)=O)CC(=O)[C@@H](NC(=O)CCCN2CCC(C(=O)Oc3c(F)c(F)c(F)c(F)c3F)CC2C)C(C)C)cc1)Cc1ccccc1)OC)N(C)C(=O)[C@@H](NC(=O)[C@H](C(C)C)N(C)C)C(C)C. The number of hydrogen-bond acceptors (Lipinski definition) is 15. The van der Waals surface area contributed by atoms with E-state index in [1.54, 1.807) is 68.8 Å². The highest BCUT2D eigenvalue weighted by Crippen LogP contribution is 2.35. The van der Waals surface area contributed by atoms with Gasteiger partial charge in [0.2, 0.25) is 70.3 Å². The van der Waals surface area contributed by atoms with Gasteiger partial charge in [0.15, 0.2) is 5.78 Å². The smallest absolute Gasteiger partial charge is 0.314 e. The third-order valence-electron chi connectivity index (χ3n) is 20.8. The lowest BCUT2D eigenvalue weighted by molar-refractivity contribution is -0.148. The van der Waals surface area contributed by atoms with E-state index in [0.717, 1.165) is 5.56 Å². The van der Waals surface area contributed by atoms with Crippen LogP contribution in [0, 0.1) is 76.4 Å². The molecule has 28 heteroatoms. The second kappa shape index (κ2) is 42.6. The third kappa shape index (κ3) is 25.3. The largest absolute Gasteiger partial charge is 0.420 e. The Balaban J connectivity index is 1.17. The molecule has 0 bridgehead atoms. The molecule has 2 aliphatic rings. The summed E-state index contributed by atoms with van der Waals surface area (Å²) in [5.74, 6) is -20.3. The third-order valence-corrected chi connectivity index (χ3v) is 20.8. The molecule has 590 valence electrons. The Labute approximate surface area is 621 Å². The fourth-order valence-corrected chi connectivity index (χ4v) is 14.8. The van der Waals surface area contributed by atoms with Gasteiger partial charge >= 0.3 is 12.0 Å². The molecule has 106 heavy (non-hydrogen) atoms. The van der Waals surface area contributed by atoms with Crippen molar-refractivity contribution in [1.29, 1.82) is 0 Å². The number of hydrogen-bond donors (Lipinski definition) is 6. The molecule has 2 heterocycles. The number of piperidine rings is 1. The summed E-state index contributed by atoms with van der Waals surface area (Å²) in [5.41, 5.74) is 7.32. The van der Waals surface area contributed by atoms with Crippen LogP contribution in [-0.2, 0) is 65.6 Å². The van der Waals surface area contributed by atoms with Gasteiger partial charge in [-0.1, -0.05) is 111 Å². The van der Waals surface area contributed by atoms with E-state index >= 15 is 0 Å². The van der Waals surface area contributed by atoms with Gasteiger partial charge in [-0.05, 0) is 138 Å². The van der Waals surface area contributed by atoms with E-state index in [4.69, 9.17) is 15.2 Å². The molecular formula is C78H115F5N10O13. The van der Waals surface area contributed by atoms with Gasteiger partial charge in [0.05, 0.1) is 48.7 Å². The van der Waals surface area contributed by atoms with Crippen LogP contribution in [0.5, 0.6) is 5.75 Å². The number of primary amides is 1. The highest BCUT2D eigenvalue weighted by Gasteiger charge is 2.44. The van der Waals surface area contributed by atoms with Crippen molar-refractivity contribution in [1.82, 2.24) is 40.9 Å². The van der Waals surface area contributed by atoms with Crippen LogP contribution in [0.3, 0.4) is 0 Å². The molecule has 0 radical (unpaired) electrons. The Morgan fingerprint density at radius 1 is 0.670 bits per heavy atom. The molecule has 0 aliphatic carbocycles. The number of nitrogens with one attached hydrogen (secondary N) is 5. The second-order valence-corrected chi connectivity index (χ2v) is 30.0. The van der Waals surface area contributed by atoms with Crippen LogP contribution in [0.4, 0.5) is 32.4 Å². The number of benzene rings is 3. The fraction of sp³-hybridized carbons (Fsp3) is 0.641. The average molecular weight is 1500 g/mol. The van der Waals surface area contributed by atoms with Crippen LogP contribution in [0.2, 0.25) is 0 Å². The first-order valence-electron chi connectivity index (χ1n) is 37.2. The molecule has 3 aromatic rings. The van der Waals surface area contributed by atoms with Crippen molar-refractivity contribution in [3.63, 3.8) is 0 Å². The summed E-state index contributed by atoms with van der Waals surface area (Å²) in [7, 11) is 8.44. The van der Waals surface area contributed by atoms with Crippen molar-refractivity contribution in [2.24, 2.45) is 53.1 Å². The van der Waals surface area contributed by atoms with Crippen molar-refractivity contribution < 1.29 is 84.1 Å². The number of nitrogens with zero attached hydrogens (tertiary/aromatic N) is 4. The zero-order chi connectivity index (χ0) is 79.0. The van der Waals surface area contributed by atoms with Crippen LogP contribution in [0.1, 0.15) is 164 Å². The number of nitrogens with two attached hydrogens (primary N) is 1. The standard InChI is InChI=1S/C78H115F5N10O13/c1-16-47(8)71(91(13)76(101)69(45(4)5)89-75(100)70(46(6)7)90(11)12)59(104-14)42-62(98)93-35-21-26-56(93)72(105-15)49(10)57(94)39-52(38-50-23-18-17-19-24-50)40-61(97)86-43-51-28-30-55(31-29-51)87-74(99)53(25-20-33-85-78(84)103)41-58(95)68(44(2)3)88-60(96)27-22-34-92-36-32-54(37-48(92)9)77(102)106-73-66(82)64(80)63(79)65(81)67(73)83/h17-19,23-24,28-31,44-49,52-54,56,59,68-72H,16,20-22,25-27,32-43H2,1-15H3,(H,86,97)(H,87,99)(H,88,96)(H,89,100)(H3,84,85,103)/t47-,48?,49-,52+,53+,54?,56-,59+,68-,69-,70-,71-,72+/m0/s1. The number of methoxy groups -OCH3 is 2. The lowest BCUT2D eigenvalue weighted by Gasteiger charge is -2.41. The number of likely N-dealkylation sites (N-methyl/N-ethyl adjacent to an activating group) is 2. The predicted molar refractivity (Wildman–Crippen MR) is 392 cm³/mol. The molecular weight excluding hydrogens is 1380 g/mol. The van der Waals surface area contributed by atoms with E-state index in [0.29, 0.717) is 56.4 Å². The Morgan fingerprint density at radius 2 is 1.30 bits per heavy atom. The number of rotatable bonds is 42. The first-order chi connectivity index (χ1) is 50.0. The van der Waals surface area contributed by atoms with Gasteiger partial charge in [0, 0.05) is 90.1 Å². The van der Waals surface area contributed by atoms with Crippen LogP contribution in [-0.4, -0.2) is 189 Å². The normalized spacial score (nSPS) is 18.4. The van der Waals surface area contributed by atoms with Crippen molar-refractivity contribution >= 4 is 64.7 Å². The zero-order valence-electron chi connectivity index (χ0n) is 64.4. The molecule has 5 rings (SSSR count).